The van der Waals surface area contributed by atoms with Gasteiger partial charge in [-0.2, -0.15) is 5.26 Å². The maximum atomic E-state index is 12.4. The number of nitrogens with zero attached hydrogens (tertiary/aromatic N) is 1. The number of rotatable bonds is 2. The monoisotopic (exact) mass is 340 g/mol. The Morgan fingerprint density at radius 2 is 1.95 bits per heavy atom. The molecule has 0 aliphatic heterocycles. The number of hydrogen-bond acceptors (Lipinski definition) is 2. The Morgan fingerprint density at radius 1 is 1.14 bits per heavy atom. The standard InChI is InChI=1S/C17H13BrN2O/c18-15-7-6-14(10-19)16(9-15)20-17(21)13-5-4-11-2-1-3-12(11)8-13/h4-9H,1-3H2,(H,20,21). The van der Waals surface area contributed by atoms with E-state index in [9.17, 15) is 4.79 Å². The van der Waals surface area contributed by atoms with Gasteiger partial charge in [-0.15, -0.1) is 0 Å². The maximum Gasteiger partial charge on any atom is 0.255 e. The van der Waals surface area contributed by atoms with Crippen LogP contribution < -0.4 is 5.32 Å². The molecule has 1 N–H and O–H groups in total. The molecule has 0 saturated carbocycles. The van der Waals surface area contributed by atoms with E-state index in [-0.39, 0.29) is 5.91 Å². The summed E-state index contributed by atoms with van der Waals surface area (Å²) < 4.78 is 0.825. The van der Waals surface area contributed by atoms with E-state index in [4.69, 9.17) is 5.26 Å². The lowest BCUT2D eigenvalue weighted by Crippen LogP contribution is -2.13. The molecule has 0 radical (unpaired) electrons. The second-order valence-electron chi connectivity index (χ2n) is 5.09. The lowest BCUT2D eigenvalue weighted by atomic mass is 10.1. The summed E-state index contributed by atoms with van der Waals surface area (Å²) in [5.41, 5.74) is 4.22. The first-order valence-electron chi connectivity index (χ1n) is 6.80. The topological polar surface area (TPSA) is 52.9 Å². The number of carbonyl (C=O) groups is 1. The molecule has 3 rings (SSSR count). The summed E-state index contributed by atoms with van der Waals surface area (Å²) in [6, 6.07) is 13.1. The minimum absolute atomic E-state index is 0.181. The number of nitriles is 1. The fourth-order valence-electron chi connectivity index (χ4n) is 2.62. The van der Waals surface area contributed by atoms with Crippen LogP contribution in [-0.2, 0) is 12.8 Å². The molecule has 1 aliphatic rings. The summed E-state index contributed by atoms with van der Waals surface area (Å²) >= 11 is 3.35. The molecule has 0 spiro atoms. The van der Waals surface area contributed by atoms with E-state index >= 15 is 0 Å². The molecule has 104 valence electrons. The number of fused-ring (bicyclic) bond motifs is 1. The van der Waals surface area contributed by atoms with Gasteiger partial charge in [-0.05, 0) is 60.7 Å². The molecule has 2 aromatic rings. The zero-order chi connectivity index (χ0) is 14.8. The molecule has 1 aliphatic carbocycles. The van der Waals surface area contributed by atoms with Crippen molar-refractivity contribution in [2.45, 2.75) is 19.3 Å². The third-order valence-corrected chi connectivity index (χ3v) is 4.20. The lowest BCUT2D eigenvalue weighted by Gasteiger charge is -2.09. The summed E-state index contributed by atoms with van der Waals surface area (Å²) in [4.78, 5) is 12.4. The van der Waals surface area contributed by atoms with Crippen molar-refractivity contribution in [2.24, 2.45) is 0 Å². The highest BCUT2D eigenvalue weighted by atomic mass is 79.9. The molecule has 0 aromatic heterocycles. The van der Waals surface area contributed by atoms with Crippen LogP contribution in [0.3, 0.4) is 0 Å². The van der Waals surface area contributed by atoms with Crippen LogP contribution in [0.5, 0.6) is 0 Å². The summed E-state index contributed by atoms with van der Waals surface area (Å²) in [7, 11) is 0. The van der Waals surface area contributed by atoms with Crippen molar-refractivity contribution >= 4 is 27.5 Å². The van der Waals surface area contributed by atoms with Crippen LogP contribution in [-0.4, -0.2) is 5.91 Å². The van der Waals surface area contributed by atoms with Crippen molar-refractivity contribution in [1.82, 2.24) is 0 Å². The van der Waals surface area contributed by atoms with Crippen molar-refractivity contribution in [3.05, 3.63) is 63.1 Å². The lowest BCUT2D eigenvalue weighted by molar-refractivity contribution is 0.102. The molecular weight excluding hydrogens is 328 g/mol. The molecule has 0 heterocycles. The van der Waals surface area contributed by atoms with Gasteiger partial charge in [0.2, 0.25) is 0 Å². The van der Waals surface area contributed by atoms with Gasteiger partial charge in [-0.1, -0.05) is 22.0 Å². The average molecular weight is 341 g/mol. The minimum atomic E-state index is -0.181. The van der Waals surface area contributed by atoms with Gasteiger partial charge in [0.05, 0.1) is 11.3 Å². The first-order chi connectivity index (χ1) is 10.2. The molecule has 0 atom stereocenters. The normalized spacial score (nSPS) is 12.6. The predicted molar refractivity (Wildman–Crippen MR) is 85.3 cm³/mol. The number of benzene rings is 2. The van der Waals surface area contributed by atoms with Gasteiger partial charge in [-0.25, -0.2) is 0 Å². The Morgan fingerprint density at radius 3 is 2.76 bits per heavy atom. The van der Waals surface area contributed by atoms with Gasteiger partial charge < -0.3 is 5.32 Å². The molecule has 0 fully saturated rings. The van der Waals surface area contributed by atoms with Crippen molar-refractivity contribution in [3.8, 4) is 6.07 Å². The zero-order valence-electron chi connectivity index (χ0n) is 11.3. The number of nitrogens with one attached hydrogen (secondary N) is 1. The van der Waals surface area contributed by atoms with E-state index in [2.05, 4.69) is 27.3 Å². The van der Waals surface area contributed by atoms with E-state index < -0.39 is 0 Å². The van der Waals surface area contributed by atoms with Gasteiger partial charge in [0, 0.05) is 10.0 Å². The van der Waals surface area contributed by atoms with Gasteiger partial charge in [0.25, 0.3) is 5.91 Å². The Labute approximate surface area is 131 Å². The van der Waals surface area contributed by atoms with Crippen molar-refractivity contribution < 1.29 is 4.79 Å². The van der Waals surface area contributed by atoms with Crippen LogP contribution in [0.25, 0.3) is 0 Å². The van der Waals surface area contributed by atoms with Crippen LogP contribution in [0.1, 0.15) is 33.5 Å². The highest BCUT2D eigenvalue weighted by Gasteiger charge is 2.15. The Bertz CT molecular complexity index is 762. The van der Waals surface area contributed by atoms with Crippen LogP contribution in [0, 0.1) is 11.3 Å². The van der Waals surface area contributed by atoms with Crippen LogP contribution in [0.4, 0.5) is 5.69 Å². The smallest absolute Gasteiger partial charge is 0.255 e. The largest absolute Gasteiger partial charge is 0.321 e. The summed E-state index contributed by atoms with van der Waals surface area (Å²) in [6.45, 7) is 0. The van der Waals surface area contributed by atoms with Gasteiger partial charge in [0.15, 0.2) is 0 Å². The van der Waals surface area contributed by atoms with Gasteiger partial charge >= 0.3 is 0 Å². The Hall–Kier alpha value is -2.12. The second-order valence-corrected chi connectivity index (χ2v) is 6.01. The molecule has 2 aromatic carbocycles. The van der Waals surface area contributed by atoms with Crippen LogP contribution in [0.2, 0.25) is 0 Å². The maximum absolute atomic E-state index is 12.4. The van der Waals surface area contributed by atoms with E-state index in [1.54, 1.807) is 18.2 Å². The van der Waals surface area contributed by atoms with Crippen molar-refractivity contribution in [3.63, 3.8) is 0 Å². The first kappa shape index (κ1) is 13.8. The van der Waals surface area contributed by atoms with Gasteiger partial charge in [0.1, 0.15) is 6.07 Å². The summed E-state index contributed by atoms with van der Waals surface area (Å²) in [6.07, 6.45) is 3.29. The van der Waals surface area contributed by atoms with Gasteiger partial charge in [-0.3, -0.25) is 4.79 Å². The molecule has 4 heteroatoms. The van der Waals surface area contributed by atoms with E-state index in [1.807, 2.05) is 18.2 Å². The van der Waals surface area contributed by atoms with E-state index in [0.29, 0.717) is 16.8 Å². The molecule has 0 unspecified atom stereocenters. The fraction of sp³-hybridized carbons (Fsp3) is 0.176. The minimum Gasteiger partial charge on any atom is -0.321 e. The van der Waals surface area contributed by atoms with Crippen molar-refractivity contribution in [2.75, 3.05) is 5.32 Å². The number of hydrogen-bond donors (Lipinski definition) is 1. The number of aryl methyl sites for hydroxylation is 2. The van der Waals surface area contributed by atoms with E-state index in [1.165, 1.54) is 11.1 Å². The molecule has 3 nitrogen and oxygen atoms in total. The molecule has 1 amide bonds. The Balaban J connectivity index is 1.87. The number of halogens is 1. The quantitative estimate of drug-likeness (QED) is 0.896. The third kappa shape index (κ3) is 2.84. The second kappa shape index (κ2) is 5.71. The van der Waals surface area contributed by atoms with Crippen molar-refractivity contribution in [1.29, 1.82) is 5.26 Å². The van der Waals surface area contributed by atoms with Crippen LogP contribution >= 0.6 is 15.9 Å². The zero-order valence-corrected chi connectivity index (χ0v) is 12.9. The first-order valence-corrected chi connectivity index (χ1v) is 7.59. The number of anilines is 1. The molecular formula is C17H13BrN2O. The molecule has 0 bridgehead atoms. The highest BCUT2D eigenvalue weighted by Crippen LogP contribution is 2.25. The summed E-state index contributed by atoms with van der Waals surface area (Å²) in [5.74, 6) is -0.181. The Kier molecular flexibility index (Phi) is 3.76. The number of carbonyl (C=O) groups excluding carboxylic acids is 1. The molecule has 0 saturated heterocycles. The fourth-order valence-corrected chi connectivity index (χ4v) is 2.99. The number of amides is 1. The van der Waals surface area contributed by atoms with Crippen LogP contribution in [0.15, 0.2) is 40.9 Å². The average Bonchev–Trinajstić information content (AvgIpc) is 2.94. The predicted octanol–water partition coefficient (Wildman–Crippen LogP) is 4.06. The van der Waals surface area contributed by atoms with E-state index in [0.717, 1.165) is 23.7 Å². The summed E-state index contributed by atoms with van der Waals surface area (Å²) in [5, 5.41) is 11.9. The highest BCUT2D eigenvalue weighted by molar-refractivity contribution is 9.10. The SMILES string of the molecule is N#Cc1ccc(Br)cc1NC(=O)c1ccc2c(c1)CCC2. The third-order valence-electron chi connectivity index (χ3n) is 3.71. The molecule has 21 heavy (non-hydrogen) atoms.